The Labute approximate surface area is 143 Å². The molecule has 0 fully saturated rings. The standard InChI is InChI=1S/C18H15FN4O2/c1-12-16(18(25)23(22-12)15-8-3-2-4-9-15)11-20-21-17(24)13-6-5-7-14(19)10-13/h2-11,16H,1H3,(H,21,24)/b20-11-/t16-/m0/s1. The Kier molecular flexibility index (Phi) is 4.65. The lowest BCUT2D eigenvalue weighted by Gasteiger charge is -2.12. The Morgan fingerprint density at radius 2 is 2.00 bits per heavy atom. The Morgan fingerprint density at radius 3 is 2.72 bits per heavy atom. The summed E-state index contributed by atoms with van der Waals surface area (Å²) in [5.41, 5.74) is 3.66. The number of benzene rings is 2. The normalized spacial score (nSPS) is 17.0. The topological polar surface area (TPSA) is 74.1 Å². The minimum absolute atomic E-state index is 0.145. The first-order valence-corrected chi connectivity index (χ1v) is 7.59. The van der Waals surface area contributed by atoms with Crippen molar-refractivity contribution in [2.24, 2.45) is 16.1 Å². The highest BCUT2D eigenvalue weighted by molar-refractivity contribution is 6.23. The summed E-state index contributed by atoms with van der Waals surface area (Å²) in [4.78, 5) is 24.4. The molecule has 0 saturated heterocycles. The fourth-order valence-electron chi connectivity index (χ4n) is 2.37. The zero-order valence-corrected chi connectivity index (χ0v) is 13.4. The molecule has 3 rings (SSSR count). The number of para-hydroxylation sites is 1. The van der Waals surface area contributed by atoms with E-state index >= 15 is 0 Å². The van der Waals surface area contributed by atoms with Crippen molar-refractivity contribution in [1.82, 2.24) is 5.43 Å². The number of hydrogen-bond acceptors (Lipinski definition) is 4. The van der Waals surface area contributed by atoms with Gasteiger partial charge in [-0.15, -0.1) is 0 Å². The molecule has 0 saturated carbocycles. The van der Waals surface area contributed by atoms with E-state index in [2.05, 4.69) is 15.6 Å². The molecule has 0 bridgehead atoms. The van der Waals surface area contributed by atoms with Crippen LogP contribution in [-0.2, 0) is 4.79 Å². The molecule has 1 N–H and O–H groups in total. The molecule has 2 aromatic rings. The van der Waals surface area contributed by atoms with Crippen molar-refractivity contribution >= 4 is 29.4 Å². The quantitative estimate of drug-likeness (QED) is 0.687. The molecule has 0 spiro atoms. The largest absolute Gasteiger partial charge is 0.271 e. The monoisotopic (exact) mass is 338 g/mol. The van der Waals surface area contributed by atoms with Crippen molar-refractivity contribution in [2.45, 2.75) is 6.92 Å². The van der Waals surface area contributed by atoms with E-state index in [9.17, 15) is 14.0 Å². The second kappa shape index (κ2) is 7.04. The highest BCUT2D eigenvalue weighted by atomic mass is 19.1. The van der Waals surface area contributed by atoms with Crippen LogP contribution in [0.1, 0.15) is 17.3 Å². The summed E-state index contributed by atoms with van der Waals surface area (Å²) >= 11 is 0. The lowest BCUT2D eigenvalue weighted by atomic mass is 10.1. The SMILES string of the molecule is CC1=NN(c2ccccc2)C(=O)[C@H]1/C=N\NC(=O)c1cccc(F)c1. The van der Waals surface area contributed by atoms with E-state index in [-0.39, 0.29) is 11.5 Å². The minimum Gasteiger partial charge on any atom is -0.271 e. The van der Waals surface area contributed by atoms with Gasteiger partial charge in [-0.25, -0.2) is 9.82 Å². The van der Waals surface area contributed by atoms with Crippen LogP contribution in [0.2, 0.25) is 0 Å². The zero-order valence-electron chi connectivity index (χ0n) is 13.4. The van der Waals surface area contributed by atoms with Crippen LogP contribution in [0.5, 0.6) is 0 Å². The molecular formula is C18H15FN4O2. The van der Waals surface area contributed by atoms with Crippen LogP contribution < -0.4 is 10.4 Å². The number of rotatable bonds is 4. The van der Waals surface area contributed by atoms with E-state index in [1.54, 1.807) is 19.1 Å². The van der Waals surface area contributed by atoms with Crippen LogP contribution in [0.4, 0.5) is 10.1 Å². The highest BCUT2D eigenvalue weighted by Crippen LogP contribution is 2.22. The van der Waals surface area contributed by atoms with Crippen LogP contribution in [0.25, 0.3) is 0 Å². The van der Waals surface area contributed by atoms with Crippen molar-refractivity contribution in [3.63, 3.8) is 0 Å². The summed E-state index contributed by atoms with van der Waals surface area (Å²) in [7, 11) is 0. The molecule has 126 valence electrons. The van der Waals surface area contributed by atoms with Gasteiger partial charge in [-0.05, 0) is 37.3 Å². The van der Waals surface area contributed by atoms with Crippen molar-refractivity contribution in [3.05, 3.63) is 66.0 Å². The van der Waals surface area contributed by atoms with Crippen LogP contribution in [0.3, 0.4) is 0 Å². The third-order valence-corrected chi connectivity index (χ3v) is 3.66. The van der Waals surface area contributed by atoms with Gasteiger partial charge in [0.05, 0.1) is 11.4 Å². The van der Waals surface area contributed by atoms with Crippen molar-refractivity contribution in [3.8, 4) is 0 Å². The first-order chi connectivity index (χ1) is 12.1. The maximum Gasteiger partial charge on any atom is 0.271 e. The Hall–Kier alpha value is -3.35. The molecule has 1 atom stereocenters. The Balaban J connectivity index is 1.67. The molecule has 0 radical (unpaired) electrons. The van der Waals surface area contributed by atoms with Gasteiger partial charge < -0.3 is 0 Å². The summed E-state index contributed by atoms with van der Waals surface area (Å²) in [5, 5.41) is 9.35. The number of carbonyl (C=O) groups excluding carboxylic acids is 2. The summed E-state index contributed by atoms with van der Waals surface area (Å²) in [5.74, 6) is -1.99. The van der Waals surface area contributed by atoms with E-state index in [1.807, 2.05) is 18.2 Å². The van der Waals surface area contributed by atoms with Gasteiger partial charge >= 0.3 is 0 Å². The number of carbonyl (C=O) groups is 2. The molecule has 1 heterocycles. The highest BCUT2D eigenvalue weighted by Gasteiger charge is 2.33. The number of nitrogens with zero attached hydrogens (tertiary/aromatic N) is 3. The molecule has 1 aliphatic rings. The molecule has 25 heavy (non-hydrogen) atoms. The fourth-order valence-corrected chi connectivity index (χ4v) is 2.37. The van der Waals surface area contributed by atoms with Gasteiger partial charge in [-0.3, -0.25) is 9.59 Å². The third-order valence-electron chi connectivity index (χ3n) is 3.66. The summed E-state index contributed by atoms with van der Waals surface area (Å²) < 4.78 is 13.1. The van der Waals surface area contributed by atoms with Crippen molar-refractivity contribution in [1.29, 1.82) is 0 Å². The maximum absolute atomic E-state index is 13.1. The molecular weight excluding hydrogens is 323 g/mol. The van der Waals surface area contributed by atoms with E-state index in [4.69, 9.17) is 0 Å². The molecule has 6 nitrogen and oxygen atoms in total. The van der Waals surface area contributed by atoms with Crippen LogP contribution >= 0.6 is 0 Å². The molecule has 0 aliphatic carbocycles. The van der Waals surface area contributed by atoms with Gasteiger partial charge in [0.25, 0.3) is 11.8 Å². The first-order valence-electron chi connectivity index (χ1n) is 7.59. The summed E-state index contributed by atoms with van der Waals surface area (Å²) in [6, 6.07) is 14.3. The molecule has 2 aromatic carbocycles. The lowest BCUT2D eigenvalue weighted by molar-refractivity contribution is -0.118. The van der Waals surface area contributed by atoms with Crippen LogP contribution in [-0.4, -0.2) is 23.7 Å². The smallest absolute Gasteiger partial charge is 0.271 e. The van der Waals surface area contributed by atoms with Gasteiger partial charge in [0.15, 0.2) is 0 Å². The molecule has 7 heteroatoms. The van der Waals surface area contributed by atoms with Crippen molar-refractivity contribution in [2.75, 3.05) is 5.01 Å². The van der Waals surface area contributed by atoms with Gasteiger partial charge in [0.1, 0.15) is 11.7 Å². The van der Waals surface area contributed by atoms with E-state index in [0.29, 0.717) is 11.4 Å². The van der Waals surface area contributed by atoms with E-state index in [0.717, 1.165) is 6.07 Å². The van der Waals surface area contributed by atoms with Crippen LogP contribution in [0, 0.1) is 11.7 Å². The predicted molar refractivity (Wildman–Crippen MR) is 92.9 cm³/mol. The average Bonchev–Trinajstić information content (AvgIpc) is 2.90. The number of nitrogens with one attached hydrogen (secondary N) is 1. The average molecular weight is 338 g/mol. The van der Waals surface area contributed by atoms with Crippen molar-refractivity contribution < 1.29 is 14.0 Å². The molecule has 0 unspecified atom stereocenters. The lowest BCUT2D eigenvalue weighted by Crippen LogP contribution is -2.29. The summed E-state index contributed by atoms with van der Waals surface area (Å²) in [6.45, 7) is 1.71. The Bertz CT molecular complexity index is 864. The summed E-state index contributed by atoms with van der Waals surface area (Å²) in [6.07, 6.45) is 1.32. The zero-order chi connectivity index (χ0) is 17.8. The van der Waals surface area contributed by atoms with Gasteiger partial charge in [0, 0.05) is 11.8 Å². The molecule has 2 amide bonds. The number of anilines is 1. The van der Waals surface area contributed by atoms with Crippen LogP contribution in [0.15, 0.2) is 64.8 Å². The van der Waals surface area contributed by atoms with Gasteiger partial charge in [0.2, 0.25) is 0 Å². The van der Waals surface area contributed by atoms with Gasteiger partial charge in [-0.2, -0.15) is 15.2 Å². The number of amides is 2. The maximum atomic E-state index is 13.1. The van der Waals surface area contributed by atoms with E-state index in [1.165, 1.54) is 29.4 Å². The number of halogens is 1. The molecule has 0 aromatic heterocycles. The van der Waals surface area contributed by atoms with Gasteiger partial charge in [-0.1, -0.05) is 24.3 Å². The predicted octanol–water partition coefficient (Wildman–Crippen LogP) is 2.58. The minimum atomic E-state index is -0.659. The molecule has 1 aliphatic heterocycles. The fraction of sp³-hybridized carbons (Fsp3) is 0.111. The second-order valence-electron chi connectivity index (χ2n) is 5.43. The second-order valence-corrected chi connectivity index (χ2v) is 5.43. The van der Waals surface area contributed by atoms with E-state index < -0.39 is 17.6 Å². The Morgan fingerprint density at radius 1 is 1.24 bits per heavy atom. The first kappa shape index (κ1) is 16.5. The number of hydrogen-bond donors (Lipinski definition) is 1. The number of hydrazone groups is 2. The third kappa shape index (κ3) is 3.60.